The Morgan fingerprint density at radius 2 is 2.38 bits per heavy atom. The molecule has 0 aliphatic carbocycles. The van der Waals surface area contributed by atoms with Crippen molar-refractivity contribution < 1.29 is 10.1 Å². The number of benzene rings is 1. The van der Waals surface area contributed by atoms with E-state index in [0.29, 0.717) is 22.1 Å². The molecule has 0 saturated heterocycles. The minimum atomic E-state index is -0.325. The van der Waals surface area contributed by atoms with E-state index >= 15 is 0 Å². The second-order valence-corrected chi connectivity index (χ2v) is 3.12. The molecule has 0 aliphatic rings. The van der Waals surface area contributed by atoms with Crippen LogP contribution < -0.4 is 11.0 Å². The summed E-state index contributed by atoms with van der Waals surface area (Å²) in [6, 6.07) is 3.00. The Hall–Kier alpha value is -2.17. The highest BCUT2D eigenvalue weighted by molar-refractivity contribution is 6.51. The molecule has 0 fully saturated rings. The molecule has 2 rings (SSSR count). The highest BCUT2D eigenvalue weighted by Gasteiger charge is 2.10. The number of fused-ring (bicyclic) bond motifs is 1. The summed E-state index contributed by atoms with van der Waals surface area (Å²) in [6.07, 6.45) is 1.27. The van der Waals surface area contributed by atoms with Crippen LogP contribution in [0.3, 0.4) is 0 Å². The molecule has 7 heteroatoms. The van der Waals surface area contributed by atoms with Crippen LogP contribution in [0.4, 0.5) is 5.69 Å². The zero-order chi connectivity index (χ0) is 11.5. The van der Waals surface area contributed by atoms with Gasteiger partial charge in [0.2, 0.25) is 0 Å². The predicted octanol–water partition coefficient (Wildman–Crippen LogP) is -0.0597. The lowest BCUT2D eigenvalue weighted by atomic mass is 9.85. The van der Waals surface area contributed by atoms with Crippen molar-refractivity contribution in [1.82, 2.24) is 9.97 Å². The number of aromatic amines is 1. The maximum atomic E-state index is 11.6. The lowest BCUT2D eigenvalue weighted by Gasteiger charge is -2.02. The summed E-state index contributed by atoms with van der Waals surface area (Å²) in [5.41, 5.74) is 0.857. The van der Waals surface area contributed by atoms with Crippen molar-refractivity contribution in [3.63, 3.8) is 0 Å². The zero-order valence-electron chi connectivity index (χ0n) is 8.10. The number of rotatable bonds is 2. The van der Waals surface area contributed by atoms with E-state index in [9.17, 15) is 4.79 Å². The van der Waals surface area contributed by atoms with E-state index in [1.807, 2.05) is 0 Å². The summed E-state index contributed by atoms with van der Waals surface area (Å²) < 4.78 is 0. The van der Waals surface area contributed by atoms with Gasteiger partial charge >= 0.3 is 7.48 Å². The summed E-state index contributed by atoms with van der Waals surface area (Å²) in [7, 11) is -0.158. The van der Waals surface area contributed by atoms with Crippen molar-refractivity contribution in [3.8, 4) is 0 Å². The van der Waals surface area contributed by atoms with Gasteiger partial charge in [-0.25, -0.2) is 9.83 Å². The Balaban J connectivity index is 2.84. The van der Waals surface area contributed by atoms with Crippen molar-refractivity contribution in [2.45, 2.75) is 0 Å². The van der Waals surface area contributed by atoms with Crippen molar-refractivity contribution in [2.75, 3.05) is 0 Å². The molecule has 0 unspecified atom stereocenters. The van der Waals surface area contributed by atoms with E-state index in [2.05, 4.69) is 19.6 Å². The summed E-state index contributed by atoms with van der Waals surface area (Å²) in [5, 5.41) is 8.75. The normalized spacial score (nSPS) is 10.0. The molecule has 6 nitrogen and oxygen atoms in total. The number of nitrogens with one attached hydrogen (secondary N) is 1. The fraction of sp³-hybridized carbons (Fsp3) is 0. The first-order valence-electron chi connectivity index (χ1n) is 4.40. The van der Waals surface area contributed by atoms with Crippen LogP contribution in [0.25, 0.3) is 15.7 Å². The average molecular weight is 215 g/mol. The maximum absolute atomic E-state index is 11.6. The van der Waals surface area contributed by atoms with Gasteiger partial charge in [0.15, 0.2) is 5.69 Å². The van der Waals surface area contributed by atoms with E-state index < -0.39 is 0 Å². The van der Waals surface area contributed by atoms with E-state index in [1.165, 1.54) is 18.5 Å². The van der Waals surface area contributed by atoms with Crippen LogP contribution in [-0.4, -0.2) is 22.7 Å². The van der Waals surface area contributed by atoms with Gasteiger partial charge in [-0.05, 0) is 11.5 Å². The van der Waals surface area contributed by atoms with Crippen LogP contribution in [0, 0.1) is 6.57 Å². The molecule has 16 heavy (non-hydrogen) atoms. The summed E-state index contributed by atoms with van der Waals surface area (Å²) in [6.45, 7) is 6.91. The van der Waals surface area contributed by atoms with Crippen LogP contribution in [0.2, 0.25) is 0 Å². The van der Waals surface area contributed by atoms with Gasteiger partial charge in [-0.15, -0.1) is 0 Å². The Morgan fingerprint density at radius 1 is 1.56 bits per heavy atom. The van der Waals surface area contributed by atoms with Gasteiger partial charge in [0.25, 0.3) is 5.56 Å². The molecule has 1 aromatic heterocycles. The van der Waals surface area contributed by atoms with Gasteiger partial charge in [-0.2, -0.15) is 0 Å². The van der Waals surface area contributed by atoms with Gasteiger partial charge in [0, 0.05) is 0 Å². The second-order valence-electron chi connectivity index (χ2n) is 3.12. The van der Waals surface area contributed by atoms with Gasteiger partial charge < -0.3 is 9.79 Å². The van der Waals surface area contributed by atoms with Crippen LogP contribution in [0.15, 0.2) is 23.3 Å². The first-order chi connectivity index (χ1) is 7.76. The highest BCUT2D eigenvalue weighted by Crippen LogP contribution is 2.14. The van der Waals surface area contributed by atoms with Crippen LogP contribution in [0.5, 0.6) is 0 Å². The number of hydrogen-bond acceptors (Lipinski definition) is 4. The minimum Gasteiger partial charge on any atom is -0.313 e. The largest absolute Gasteiger partial charge is 0.355 e. The molecule has 1 aromatic carbocycles. The molecule has 0 radical (unpaired) electrons. The molecular formula is C9H6BN3O3. The number of nitrogens with zero attached hydrogens (tertiary/aromatic N) is 2. The van der Waals surface area contributed by atoms with Crippen molar-refractivity contribution >= 4 is 29.5 Å². The van der Waals surface area contributed by atoms with Gasteiger partial charge in [0.05, 0.1) is 23.8 Å². The molecule has 2 aromatic rings. The predicted molar refractivity (Wildman–Crippen MR) is 59.1 cm³/mol. The minimum absolute atomic E-state index is 0.158. The summed E-state index contributed by atoms with van der Waals surface area (Å²) >= 11 is 0. The van der Waals surface area contributed by atoms with Crippen molar-refractivity contribution in [1.29, 1.82) is 0 Å². The Bertz CT molecular complexity index is 632. The van der Waals surface area contributed by atoms with Crippen LogP contribution >= 0.6 is 0 Å². The maximum Gasteiger partial charge on any atom is 0.355 e. The SMILES string of the molecule is [C-]#[N+]c1cc(BOO)c2c(=O)[nH]cnc2c1. The lowest BCUT2D eigenvalue weighted by molar-refractivity contribution is -0.135. The third-order valence-corrected chi connectivity index (χ3v) is 2.16. The number of H-pyrrole nitrogens is 1. The molecule has 0 atom stereocenters. The molecule has 1 heterocycles. The fourth-order valence-corrected chi connectivity index (χ4v) is 1.51. The molecule has 0 saturated carbocycles. The Labute approximate surface area is 90.5 Å². The lowest BCUT2D eigenvalue weighted by Crippen LogP contribution is -2.23. The van der Waals surface area contributed by atoms with E-state index in [-0.39, 0.29) is 13.0 Å². The Morgan fingerprint density at radius 3 is 3.06 bits per heavy atom. The standard InChI is InChI=1S/C9H6BN3O3/c1-11-5-2-6(10-16-15)8-7(3-5)12-4-13-9(8)14/h2-4,10,15H,(H,12,13,14). The van der Waals surface area contributed by atoms with Gasteiger partial charge in [-0.3, -0.25) is 10.1 Å². The average Bonchev–Trinajstić information content (AvgIpc) is 2.29. The second kappa shape index (κ2) is 4.14. The van der Waals surface area contributed by atoms with E-state index in [1.54, 1.807) is 0 Å². The Kier molecular flexibility index (Phi) is 2.68. The van der Waals surface area contributed by atoms with E-state index in [0.717, 1.165) is 0 Å². The summed E-state index contributed by atoms with van der Waals surface area (Å²) in [4.78, 5) is 25.2. The first-order valence-corrected chi connectivity index (χ1v) is 4.40. The third-order valence-electron chi connectivity index (χ3n) is 2.16. The molecular weight excluding hydrogens is 209 g/mol. The smallest absolute Gasteiger partial charge is 0.313 e. The quantitative estimate of drug-likeness (QED) is 0.318. The van der Waals surface area contributed by atoms with Crippen molar-refractivity contribution in [3.05, 3.63) is 40.2 Å². The monoisotopic (exact) mass is 215 g/mol. The first kappa shape index (κ1) is 10.4. The van der Waals surface area contributed by atoms with Crippen LogP contribution in [0.1, 0.15) is 0 Å². The topological polar surface area (TPSA) is 79.6 Å². The molecule has 0 spiro atoms. The van der Waals surface area contributed by atoms with Crippen molar-refractivity contribution in [2.24, 2.45) is 0 Å². The molecule has 0 aliphatic heterocycles. The van der Waals surface area contributed by atoms with Crippen LogP contribution in [-0.2, 0) is 4.81 Å². The molecule has 78 valence electrons. The fourth-order valence-electron chi connectivity index (χ4n) is 1.51. The third kappa shape index (κ3) is 1.67. The van der Waals surface area contributed by atoms with E-state index in [4.69, 9.17) is 11.8 Å². The highest BCUT2D eigenvalue weighted by atomic mass is 17.1. The van der Waals surface area contributed by atoms with Gasteiger partial charge in [-0.1, -0.05) is 6.07 Å². The molecule has 2 N–H and O–H groups in total. The summed E-state index contributed by atoms with van der Waals surface area (Å²) in [5.74, 6) is 0. The zero-order valence-corrected chi connectivity index (χ0v) is 8.10. The molecule has 0 bridgehead atoms. The van der Waals surface area contributed by atoms with Gasteiger partial charge in [0.1, 0.15) is 0 Å². The number of aromatic nitrogens is 2. The number of hydrogen-bond donors (Lipinski definition) is 2. The molecule has 0 amide bonds.